The first-order valence-electron chi connectivity index (χ1n) is 8.68. The van der Waals surface area contributed by atoms with Crippen molar-refractivity contribution in [3.8, 4) is 0 Å². The predicted molar refractivity (Wildman–Crippen MR) is 123 cm³/mol. The summed E-state index contributed by atoms with van der Waals surface area (Å²) in [6.07, 6.45) is 0.864. The molecule has 0 heterocycles. The van der Waals surface area contributed by atoms with Crippen LogP contribution >= 0.6 is 35.6 Å². The number of carbonyl (C=O) groups is 1. The van der Waals surface area contributed by atoms with Crippen molar-refractivity contribution < 1.29 is 4.79 Å². The van der Waals surface area contributed by atoms with Crippen molar-refractivity contribution in [3.05, 3.63) is 70.2 Å². The van der Waals surface area contributed by atoms with Crippen LogP contribution in [0.1, 0.15) is 28.4 Å². The lowest BCUT2D eigenvalue weighted by molar-refractivity contribution is 0.0956. The molecule has 3 N–H and O–H groups in total. The van der Waals surface area contributed by atoms with Crippen molar-refractivity contribution in [1.82, 2.24) is 16.0 Å². The van der Waals surface area contributed by atoms with Gasteiger partial charge in [0.15, 0.2) is 5.96 Å². The lowest BCUT2D eigenvalue weighted by Crippen LogP contribution is -2.37. The largest absolute Gasteiger partial charge is 0.356 e. The second-order valence-corrected chi connectivity index (χ2v) is 6.23. The molecule has 0 aliphatic heterocycles. The van der Waals surface area contributed by atoms with Gasteiger partial charge < -0.3 is 16.0 Å². The van der Waals surface area contributed by atoms with E-state index in [0.29, 0.717) is 18.7 Å². The number of guanidine groups is 1. The molecule has 0 saturated heterocycles. The molecule has 7 heteroatoms. The molecule has 0 aliphatic carbocycles. The quantitative estimate of drug-likeness (QED) is 0.309. The first-order valence-corrected chi connectivity index (χ1v) is 9.06. The molecule has 27 heavy (non-hydrogen) atoms. The molecule has 0 unspecified atom stereocenters. The summed E-state index contributed by atoms with van der Waals surface area (Å²) >= 11 is 6.00. The summed E-state index contributed by atoms with van der Waals surface area (Å²) in [5.74, 6) is 0.685. The van der Waals surface area contributed by atoms with Crippen molar-refractivity contribution in [3.63, 3.8) is 0 Å². The summed E-state index contributed by atoms with van der Waals surface area (Å²) in [6, 6.07) is 15.4. The summed E-state index contributed by atoms with van der Waals surface area (Å²) in [5, 5.41) is 10.1. The van der Waals surface area contributed by atoms with Crippen LogP contribution in [-0.4, -0.2) is 32.0 Å². The molecule has 2 aromatic carbocycles. The molecule has 5 nitrogen and oxygen atoms in total. The van der Waals surface area contributed by atoms with E-state index < -0.39 is 0 Å². The molecule has 0 fully saturated rings. The Hall–Kier alpha value is -1.80. The third-order valence-electron chi connectivity index (χ3n) is 3.83. The summed E-state index contributed by atoms with van der Waals surface area (Å²) in [7, 11) is 1.74. The van der Waals surface area contributed by atoms with Gasteiger partial charge in [0.25, 0.3) is 5.91 Å². The van der Waals surface area contributed by atoms with Crippen LogP contribution in [0, 0.1) is 0 Å². The minimum Gasteiger partial charge on any atom is -0.356 e. The monoisotopic (exact) mass is 500 g/mol. The van der Waals surface area contributed by atoms with Crippen LogP contribution in [0.3, 0.4) is 0 Å². The van der Waals surface area contributed by atoms with E-state index in [0.717, 1.165) is 29.5 Å². The molecule has 0 bridgehead atoms. The maximum atomic E-state index is 11.8. The average molecular weight is 501 g/mol. The van der Waals surface area contributed by atoms with Gasteiger partial charge >= 0.3 is 0 Å². The Balaban J connectivity index is 0.00000364. The highest BCUT2D eigenvalue weighted by molar-refractivity contribution is 14.0. The van der Waals surface area contributed by atoms with E-state index in [4.69, 9.17) is 11.6 Å². The molecule has 146 valence electrons. The third-order valence-corrected chi connectivity index (χ3v) is 4.07. The van der Waals surface area contributed by atoms with E-state index in [1.165, 1.54) is 5.56 Å². The lowest BCUT2D eigenvalue weighted by Gasteiger charge is -2.12. The second-order valence-electron chi connectivity index (χ2n) is 5.79. The molecule has 2 rings (SSSR count). The zero-order valence-electron chi connectivity index (χ0n) is 15.6. The normalized spacial score (nSPS) is 10.7. The van der Waals surface area contributed by atoms with Crippen molar-refractivity contribution in [2.75, 3.05) is 20.1 Å². The van der Waals surface area contributed by atoms with Crippen LogP contribution in [0.5, 0.6) is 0 Å². The van der Waals surface area contributed by atoms with Crippen LogP contribution < -0.4 is 16.0 Å². The SMILES string of the molecule is CCNC(=O)c1ccc(CNC(=NC)NCCc2cccc(Cl)c2)cc1.I. The topological polar surface area (TPSA) is 65.5 Å². The third kappa shape index (κ3) is 8.17. The van der Waals surface area contributed by atoms with Crippen molar-refractivity contribution in [2.24, 2.45) is 4.99 Å². The maximum Gasteiger partial charge on any atom is 0.251 e. The molecule has 0 saturated carbocycles. The van der Waals surface area contributed by atoms with E-state index >= 15 is 0 Å². The van der Waals surface area contributed by atoms with Crippen molar-refractivity contribution >= 4 is 47.4 Å². The second kappa shape index (κ2) is 12.6. The number of halogens is 2. The minimum absolute atomic E-state index is 0. The molecule has 0 radical (unpaired) electrons. The van der Waals surface area contributed by atoms with Crippen molar-refractivity contribution in [2.45, 2.75) is 19.9 Å². The Morgan fingerprint density at radius 1 is 1.04 bits per heavy atom. The van der Waals surface area contributed by atoms with Crippen LogP contribution in [-0.2, 0) is 13.0 Å². The number of hydrogen-bond acceptors (Lipinski definition) is 2. The Morgan fingerprint density at radius 2 is 1.78 bits per heavy atom. The van der Waals surface area contributed by atoms with Gasteiger partial charge in [-0.05, 0) is 48.7 Å². The lowest BCUT2D eigenvalue weighted by atomic mass is 10.1. The number of benzene rings is 2. The summed E-state index contributed by atoms with van der Waals surface area (Å²) < 4.78 is 0. The first kappa shape index (κ1) is 23.2. The highest BCUT2D eigenvalue weighted by atomic mass is 127. The summed E-state index contributed by atoms with van der Waals surface area (Å²) in [6.45, 7) is 3.92. The molecule has 0 atom stereocenters. The van der Waals surface area contributed by atoms with Gasteiger partial charge in [-0.2, -0.15) is 0 Å². The van der Waals surface area contributed by atoms with E-state index in [-0.39, 0.29) is 29.9 Å². The van der Waals surface area contributed by atoms with Crippen LogP contribution in [0.15, 0.2) is 53.5 Å². The van der Waals surface area contributed by atoms with Gasteiger partial charge in [-0.25, -0.2) is 0 Å². The fourth-order valence-corrected chi connectivity index (χ4v) is 2.67. The number of rotatable bonds is 7. The van der Waals surface area contributed by atoms with Crippen molar-refractivity contribution in [1.29, 1.82) is 0 Å². The molecule has 1 amide bonds. The Morgan fingerprint density at radius 3 is 2.41 bits per heavy atom. The number of carbonyl (C=O) groups excluding carboxylic acids is 1. The first-order chi connectivity index (χ1) is 12.6. The van der Waals surface area contributed by atoms with E-state index in [1.54, 1.807) is 7.05 Å². The van der Waals surface area contributed by atoms with Crippen LogP contribution in [0.4, 0.5) is 0 Å². The highest BCUT2D eigenvalue weighted by Gasteiger charge is 2.04. The zero-order chi connectivity index (χ0) is 18.8. The average Bonchev–Trinajstić information content (AvgIpc) is 2.65. The van der Waals surface area contributed by atoms with Gasteiger partial charge in [0, 0.05) is 37.3 Å². The van der Waals surface area contributed by atoms with Gasteiger partial charge in [-0.3, -0.25) is 9.79 Å². The smallest absolute Gasteiger partial charge is 0.251 e. The fourth-order valence-electron chi connectivity index (χ4n) is 2.46. The number of nitrogens with zero attached hydrogens (tertiary/aromatic N) is 1. The van der Waals surface area contributed by atoms with Gasteiger partial charge in [-0.1, -0.05) is 35.9 Å². The molecular formula is C20H26ClIN4O. The van der Waals surface area contributed by atoms with Crippen LogP contribution in [0.25, 0.3) is 0 Å². The van der Waals surface area contributed by atoms with E-state index in [1.807, 2.05) is 49.4 Å². The number of aliphatic imine (C=N–C) groups is 1. The zero-order valence-corrected chi connectivity index (χ0v) is 18.7. The van der Waals surface area contributed by atoms with E-state index in [2.05, 4.69) is 27.0 Å². The number of nitrogens with one attached hydrogen (secondary N) is 3. The Labute approximate surface area is 183 Å². The predicted octanol–water partition coefficient (Wildman–Crippen LogP) is 3.62. The van der Waals surface area contributed by atoms with Crippen LogP contribution in [0.2, 0.25) is 5.02 Å². The summed E-state index contributed by atoms with van der Waals surface area (Å²) in [4.78, 5) is 16.0. The molecule has 2 aromatic rings. The Bertz CT molecular complexity index is 750. The fraction of sp³-hybridized carbons (Fsp3) is 0.300. The van der Waals surface area contributed by atoms with Gasteiger partial charge in [0.1, 0.15) is 0 Å². The molecule has 0 aromatic heterocycles. The van der Waals surface area contributed by atoms with Gasteiger partial charge in [0.05, 0.1) is 0 Å². The van der Waals surface area contributed by atoms with E-state index in [9.17, 15) is 4.79 Å². The summed E-state index contributed by atoms with van der Waals surface area (Å²) in [5.41, 5.74) is 2.93. The van der Waals surface area contributed by atoms with Gasteiger partial charge in [0.2, 0.25) is 0 Å². The number of hydrogen-bond donors (Lipinski definition) is 3. The van der Waals surface area contributed by atoms with Gasteiger partial charge in [-0.15, -0.1) is 24.0 Å². The molecular weight excluding hydrogens is 475 g/mol. The minimum atomic E-state index is -0.0505. The standard InChI is InChI=1S/C20H25ClN4O.HI/c1-3-23-19(26)17-9-7-16(8-10-17)14-25-20(22-2)24-12-11-15-5-4-6-18(21)13-15;/h4-10,13H,3,11-12,14H2,1-2H3,(H,23,26)(H2,22,24,25);1H. The number of amides is 1. The Kier molecular flexibility index (Phi) is 10.8. The highest BCUT2D eigenvalue weighted by Crippen LogP contribution is 2.10. The molecule has 0 spiro atoms. The molecule has 0 aliphatic rings. The maximum absolute atomic E-state index is 11.8.